The molecule has 12 heavy (non-hydrogen) atoms. The first-order chi connectivity index (χ1) is 5.56. The van der Waals surface area contributed by atoms with Crippen LogP contribution in [0.5, 0.6) is 0 Å². The summed E-state index contributed by atoms with van der Waals surface area (Å²) >= 11 is 0. The Morgan fingerprint density at radius 2 is 2.00 bits per heavy atom. The maximum Gasteiger partial charge on any atom is 0.00409 e. The first-order valence-electron chi connectivity index (χ1n) is 5.23. The van der Waals surface area contributed by atoms with Crippen LogP contribution in [0.4, 0.5) is 0 Å². The number of rotatable bonds is 4. The highest BCUT2D eigenvalue weighted by Gasteiger charge is 2.34. The molecule has 1 fully saturated rings. The average molecular weight is 169 g/mol. The van der Waals surface area contributed by atoms with Gasteiger partial charge in [-0.1, -0.05) is 20.3 Å². The van der Waals surface area contributed by atoms with Crippen LogP contribution in [0.3, 0.4) is 0 Å². The second-order valence-corrected chi connectivity index (χ2v) is 5.01. The van der Waals surface area contributed by atoms with Gasteiger partial charge in [0.05, 0.1) is 0 Å². The molecule has 0 aromatic heterocycles. The monoisotopic (exact) mass is 169 g/mol. The van der Waals surface area contributed by atoms with Gasteiger partial charge in [0.1, 0.15) is 0 Å². The summed E-state index contributed by atoms with van der Waals surface area (Å²) in [7, 11) is 2.06. The second-order valence-electron chi connectivity index (χ2n) is 5.01. The molecule has 1 saturated carbocycles. The zero-order valence-electron chi connectivity index (χ0n) is 8.98. The van der Waals surface area contributed by atoms with E-state index in [0.29, 0.717) is 11.5 Å². The fourth-order valence-corrected chi connectivity index (χ4v) is 2.25. The Bertz CT molecular complexity index is 136. The predicted octanol–water partition coefficient (Wildman–Crippen LogP) is 2.81. The number of hydrogen-bond donors (Lipinski definition) is 1. The van der Waals surface area contributed by atoms with Gasteiger partial charge in [0, 0.05) is 6.04 Å². The van der Waals surface area contributed by atoms with E-state index in [0.717, 1.165) is 5.92 Å². The summed E-state index contributed by atoms with van der Waals surface area (Å²) in [5, 5.41) is 3.32. The van der Waals surface area contributed by atoms with E-state index in [4.69, 9.17) is 0 Å². The quantitative estimate of drug-likeness (QED) is 0.682. The Hall–Kier alpha value is -0.0400. The van der Waals surface area contributed by atoms with Crippen LogP contribution in [0.25, 0.3) is 0 Å². The molecule has 0 aromatic rings. The molecule has 0 spiro atoms. The summed E-state index contributed by atoms with van der Waals surface area (Å²) in [4.78, 5) is 0. The van der Waals surface area contributed by atoms with E-state index in [2.05, 4.69) is 33.1 Å². The summed E-state index contributed by atoms with van der Waals surface area (Å²) in [5.41, 5.74) is 0.556. The molecule has 0 heterocycles. The topological polar surface area (TPSA) is 12.0 Å². The van der Waals surface area contributed by atoms with E-state index in [1.54, 1.807) is 0 Å². The zero-order valence-corrected chi connectivity index (χ0v) is 8.98. The van der Waals surface area contributed by atoms with Crippen molar-refractivity contribution in [3.05, 3.63) is 0 Å². The van der Waals surface area contributed by atoms with Gasteiger partial charge in [0.25, 0.3) is 0 Å². The van der Waals surface area contributed by atoms with Crippen molar-refractivity contribution in [2.45, 2.75) is 52.5 Å². The molecule has 1 aliphatic rings. The SMILES string of the molecule is CNC(C)CC(C)(C)C1CCC1. The third-order valence-corrected chi connectivity index (χ3v) is 3.54. The van der Waals surface area contributed by atoms with Crippen LogP contribution in [-0.2, 0) is 0 Å². The fraction of sp³-hybridized carbons (Fsp3) is 1.00. The molecule has 0 bridgehead atoms. The van der Waals surface area contributed by atoms with Crippen LogP contribution in [0.2, 0.25) is 0 Å². The molecular weight excluding hydrogens is 146 g/mol. The van der Waals surface area contributed by atoms with Crippen LogP contribution >= 0.6 is 0 Å². The van der Waals surface area contributed by atoms with Gasteiger partial charge in [0.2, 0.25) is 0 Å². The summed E-state index contributed by atoms with van der Waals surface area (Å²) in [5.74, 6) is 0.994. The molecule has 1 heteroatoms. The third kappa shape index (κ3) is 2.22. The Kier molecular flexibility index (Phi) is 3.16. The lowest BCUT2D eigenvalue weighted by Crippen LogP contribution is -2.36. The smallest absolute Gasteiger partial charge is 0.00409 e. The standard InChI is InChI=1S/C11H23N/c1-9(12-4)8-11(2,3)10-6-5-7-10/h9-10,12H,5-8H2,1-4H3. The molecule has 1 aliphatic carbocycles. The molecule has 1 unspecified atom stereocenters. The Morgan fingerprint density at radius 3 is 2.33 bits per heavy atom. The van der Waals surface area contributed by atoms with Crippen LogP contribution in [0.15, 0.2) is 0 Å². The Labute approximate surface area is 76.9 Å². The molecule has 0 aromatic carbocycles. The van der Waals surface area contributed by atoms with Crippen molar-refractivity contribution in [2.75, 3.05) is 7.05 Å². The van der Waals surface area contributed by atoms with Crippen molar-refractivity contribution in [1.82, 2.24) is 5.32 Å². The highest BCUT2D eigenvalue weighted by Crippen LogP contribution is 2.44. The van der Waals surface area contributed by atoms with E-state index < -0.39 is 0 Å². The molecule has 0 amide bonds. The van der Waals surface area contributed by atoms with Crippen LogP contribution < -0.4 is 5.32 Å². The van der Waals surface area contributed by atoms with Crippen molar-refractivity contribution in [3.8, 4) is 0 Å². The molecule has 0 radical (unpaired) electrons. The highest BCUT2D eigenvalue weighted by molar-refractivity contribution is 4.86. The van der Waals surface area contributed by atoms with E-state index >= 15 is 0 Å². The van der Waals surface area contributed by atoms with Gasteiger partial charge in [-0.15, -0.1) is 0 Å². The molecule has 0 aliphatic heterocycles. The van der Waals surface area contributed by atoms with E-state index in [-0.39, 0.29) is 0 Å². The average Bonchev–Trinajstić information content (AvgIpc) is 1.80. The lowest BCUT2D eigenvalue weighted by Gasteiger charge is -2.42. The zero-order chi connectivity index (χ0) is 9.19. The van der Waals surface area contributed by atoms with Gasteiger partial charge in [0.15, 0.2) is 0 Å². The van der Waals surface area contributed by atoms with E-state index in [9.17, 15) is 0 Å². The molecule has 1 rings (SSSR count). The minimum absolute atomic E-state index is 0.556. The van der Waals surface area contributed by atoms with Gasteiger partial charge < -0.3 is 5.32 Å². The summed E-state index contributed by atoms with van der Waals surface area (Å²) in [6.07, 6.45) is 5.70. The lowest BCUT2D eigenvalue weighted by molar-refractivity contribution is 0.101. The van der Waals surface area contributed by atoms with E-state index in [1.807, 2.05) is 0 Å². The largest absolute Gasteiger partial charge is 0.317 e. The highest BCUT2D eigenvalue weighted by atomic mass is 14.9. The minimum Gasteiger partial charge on any atom is -0.317 e. The summed E-state index contributed by atoms with van der Waals surface area (Å²) in [6, 6.07) is 0.667. The number of nitrogens with one attached hydrogen (secondary N) is 1. The molecule has 1 atom stereocenters. The second kappa shape index (κ2) is 3.78. The Morgan fingerprint density at radius 1 is 1.42 bits per heavy atom. The van der Waals surface area contributed by atoms with Crippen molar-refractivity contribution in [1.29, 1.82) is 0 Å². The molecule has 72 valence electrons. The maximum absolute atomic E-state index is 3.32. The van der Waals surface area contributed by atoms with Crippen molar-refractivity contribution in [2.24, 2.45) is 11.3 Å². The molecular formula is C11H23N. The summed E-state index contributed by atoms with van der Waals surface area (Å²) in [6.45, 7) is 7.12. The van der Waals surface area contributed by atoms with Crippen LogP contribution in [0.1, 0.15) is 46.5 Å². The van der Waals surface area contributed by atoms with Gasteiger partial charge in [-0.25, -0.2) is 0 Å². The Balaban J connectivity index is 2.35. The third-order valence-electron chi connectivity index (χ3n) is 3.54. The molecule has 1 nitrogen and oxygen atoms in total. The van der Waals surface area contributed by atoms with Crippen molar-refractivity contribution >= 4 is 0 Å². The van der Waals surface area contributed by atoms with E-state index in [1.165, 1.54) is 25.7 Å². The molecule has 0 saturated heterocycles. The van der Waals surface area contributed by atoms with Crippen LogP contribution in [0, 0.1) is 11.3 Å². The maximum atomic E-state index is 3.32. The predicted molar refractivity (Wildman–Crippen MR) is 54.3 cm³/mol. The number of hydrogen-bond acceptors (Lipinski definition) is 1. The van der Waals surface area contributed by atoms with Gasteiger partial charge in [-0.05, 0) is 44.6 Å². The van der Waals surface area contributed by atoms with Crippen molar-refractivity contribution in [3.63, 3.8) is 0 Å². The van der Waals surface area contributed by atoms with Crippen LogP contribution in [-0.4, -0.2) is 13.1 Å². The van der Waals surface area contributed by atoms with Gasteiger partial charge >= 0.3 is 0 Å². The summed E-state index contributed by atoms with van der Waals surface area (Å²) < 4.78 is 0. The first-order valence-corrected chi connectivity index (χ1v) is 5.23. The van der Waals surface area contributed by atoms with Gasteiger partial charge in [-0.3, -0.25) is 0 Å². The van der Waals surface area contributed by atoms with Crippen molar-refractivity contribution < 1.29 is 0 Å². The lowest BCUT2D eigenvalue weighted by atomic mass is 9.65. The normalized spacial score (nSPS) is 22.0. The molecule has 1 N–H and O–H groups in total. The fourth-order valence-electron chi connectivity index (χ4n) is 2.25. The minimum atomic E-state index is 0.556. The first kappa shape index (κ1) is 10.0. The van der Waals surface area contributed by atoms with Gasteiger partial charge in [-0.2, -0.15) is 0 Å².